The number of aryl methyl sites for hydroxylation is 1. The van der Waals surface area contributed by atoms with Gasteiger partial charge in [0.2, 0.25) is 0 Å². The van der Waals surface area contributed by atoms with Crippen LogP contribution in [-0.4, -0.2) is 35.7 Å². The highest BCUT2D eigenvalue weighted by Gasteiger charge is 2.22. The molecular formula is C23H22N4O4. The topological polar surface area (TPSA) is 129 Å². The number of esters is 1. The zero-order valence-electron chi connectivity index (χ0n) is 17.7. The van der Waals surface area contributed by atoms with Gasteiger partial charge in [0.25, 0.3) is 0 Å². The molecule has 0 aliphatic heterocycles. The molecule has 1 aromatic heterocycles. The zero-order chi connectivity index (χ0) is 23.1. The van der Waals surface area contributed by atoms with Crippen molar-refractivity contribution in [3.05, 3.63) is 52.9 Å². The second-order valence-corrected chi connectivity index (χ2v) is 6.82. The molecule has 8 nitrogen and oxygen atoms in total. The largest absolute Gasteiger partial charge is 0.497 e. The van der Waals surface area contributed by atoms with E-state index in [0.717, 1.165) is 22.8 Å². The molecule has 1 heterocycles. The minimum absolute atomic E-state index is 0.134. The Morgan fingerprint density at radius 2 is 1.87 bits per heavy atom. The third-order valence-electron chi connectivity index (χ3n) is 4.67. The van der Waals surface area contributed by atoms with E-state index in [9.17, 15) is 14.9 Å². The fourth-order valence-electron chi connectivity index (χ4n) is 3.06. The summed E-state index contributed by atoms with van der Waals surface area (Å²) in [6.45, 7) is 4.40. The number of benzene rings is 1. The number of rotatable bonds is 8. The molecular weight excluding hydrogens is 396 g/mol. The van der Waals surface area contributed by atoms with Crippen molar-refractivity contribution in [3.63, 3.8) is 0 Å². The second kappa shape index (κ2) is 10.0. The Kier molecular flexibility index (Phi) is 7.48. The Labute approximate surface area is 180 Å². The fraction of sp³-hybridized carbons (Fsp3) is 0.261. The summed E-state index contributed by atoms with van der Waals surface area (Å²) in [4.78, 5) is 24.2. The van der Waals surface area contributed by atoms with E-state index >= 15 is 0 Å². The summed E-state index contributed by atoms with van der Waals surface area (Å²) in [7, 11) is 1.59. The molecule has 0 aliphatic carbocycles. The highest BCUT2D eigenvalue weighted by Crippen LogP contribution is 2.24. The number of nitrogens with zero attached hydrogens (tertiary/aromatic N) is 3. The number of Topliss-reactive ketones (excluding diaryl/α,β-unsaturated/α-hetero) is 1. The molecule has 1 atom stereocenters. The lowest BCUT2D eigenvalue weighted by Gasteiger charge is -2.10. The fourth-order valence-corrected chi connectivity index (χ4v) is 3.06. The maximum Gasteiger partial charge on any atom is 0.349 e. The normalized spacial score (nSPS) is 11.7. The summed E-state index contributed by atoms with van der Waals surface area (Å²) in [6.07, 6.45) is 1.40. The van der Waals surface area contributed by atoms with Crippen molar-refractivity contribution in [2.75, 3.05) is 13.7 Å². The maximum atomic E-state index is 12.3. The van der Waals surface area contributed by atoms with Gasteiger partial charge in [0, 0.05) is 22.8 Å². The minimum atomic E-state index is -1.27. The molecule has 158 valence electrons. The smallest absolute Gasteiger partial charge is 0.349 e. The van der Waals surface area contributed by atoms with Crippen LogP contribution in [-0.2, 0) is 14.3 Å². The van der Waals surface area contributed by atoms with Gasteiger partial charge in [-0.05, 0) is 62.7 Å². The molecule has 0 saturated carbocycles. The summed E-state index contributed by atoms with van der Waals surface area (Å²) in [5.74, 6) is -2.22. The lowest BCUT2D eigenvalue weighted by molar-refractivity contribution is -0.143. The van der Waals surface area contributed by atoms with Crippen LogP contribution < -0.4 is 4.74 Å². The van der Waals surface area contributed by atoms with Crippen LogP contribution in [0.15, 0.2) is 35.9 Å². The van der Waals surface area contributed by atoms with Crippen LogP contribution in [0.2, 0.25) is 0 Å². The first-order chi connectivity index (χ1) is 14.7. The Morgan fingerprint density at radius 1 is 1.23 bits per heavy atom. The first kappa shape index (κ1) is 23.1. The Morgan fingerprint density at radius 3 is 2.39 bits per heavy atom. The van der Waals surface area contributed by atoms with Gasteiger partial charge in [0.15, 0.2) is 12.4 Å². The molecule has 0 bridgehead atoms. The molecule has 1 N–H and O–H groups in total. The second-order valence-electron chi connectivity index (χ2n) is 6.82. The van der Waals surface area contributed by atoms with E-state index in [1.165, 1.54) is 13.0 Å². The lowest BCUT2D eigenvalue weighted by atomic mass is 10.0. The van der Waals surface area contributed by atoms with Crippen LogP contribution in [0, 0.1) is 47.8 Å². The van der Waals surface area contributed by atoms with E-state index in [2.05, 4.69) is 0 Å². The highest BCUT2D eigenvalue weighted by molar-refractivity contribution is 6.06. The van der Waals surface area contributed by atoms with Crippen molar-refractivity contribution >= 4 is 23.5 Å². The number of nitriles is 2. The van der Waals surface area contributed by atoms with Crippen molar-refractivity contribution in [1.82, 2.24) is 4.57 Å². The summed E-state index contributed by atoms with van der Waals surface area (Å²) < 4.78 is 12.1. The molecule has 0 radical (unpaired) electrons. The Balaban J connectivity index is 2.25. The molecule has 0 saturated heterocycles. The number of hydrogen-bond donors (Lipinski definition) is 1. The van der Waals surface area contributed by atoms with Gasteiger partial charge in [-0.25, -0.2) is 4.79 Å². The lowest BCUT2D eigenvalue weighted by Crippen LogP contribution is -2.25. The van der Waals surface area contributed by atoms with Crippen LogP contribution in [0.25, 0.3) is 11.8 Å². The molecule has 8 heteroatoms. The Bertz CT molecular complexity index is 1130. The van der Waals surface area contributed by atoms with Crippen LogP contribution in [0.5, 0.6) is 5.75 Å². The summed E-state index contributed by atoms with van der Waals surface area (Å²) in [5.41, 5.74) is 2.84. The molecule has 0 amide bonds. The van der Waals surface area contributed by atoms with E-state index in [1.807, 2.05) is 48.7 Å². The monoisotopic (exact) mass is 418 g/mol. The highest BCUT2D eigenvalue weighted by atomic mass is 16.5. The first-order valence-electron chi connectivity index (χ1n) is 9.33. The van der Waals surface area contributed by atoms with Gasteiger partial charge in [-0.15, -0.1) is 0 Å². The quantitative estimate of drug-likeness (QED) is 0.303. The third-order valence-corrected chi connectivity index (χ3v) is 4.67. The van der Waals surface area contributed by atoms with Gasteiger partial charge >= 0.3 is 5.97 Å². The number of nitrogens with one attached hydrogen (secondary N) is 1. The van der Waals surface area contributed by atoms with Crippen molar-refractivity contribution in [1.29, 1.82) is 15.9 Å². The zero-order valence-corrected chi connectivity index (χ0v) is 17.7. The number of carbonyl (C=O) groups is 2. The first-order valence-corrected chi connectivity index (χ1v) is 9.33. The Hall–Kier alpha value is -4.17. The van der Waals surface area contributed by atoms with Gasteiger partial charge in [-0.3, -0.25) is 4.79 Å². The SMILES string of the molecule is COc1ccc(-n2c(C)cc(/C=C(\C#N)C(=O)OCC(=O)[C@@H](C#N)C(C)=N)c2C)cc1. The molecule has 31 heavy (non-hydrogen) atoms. The van der Waals surface area contributed by atoms with E-state index in [-0.39, 0.29) is 11.3 Å². The maximum absolute atomic E-state index is 12.3. The van der Waals surface area contributed by atoms with Crippen LogP contribution in [0.1, 0.15) is 23.9 Å². The van der Waals surface area contributed by atoms with E-state index in [1.54, 1.807) is 19.2 Å². The number of hydrogen-bond acceptors (Lipinski definition) is 7. The van der Waals surface area contributed by atoms with Crippen LogP contribution >= 0.6 is 0 Å². The van der Waals surface area contributed by atoms with Gasteiger partial charge in [0.05, 0.1) is 13.2 Å². The van der Waals surface area contributed by atoms with Gasteiger partial charge in [0.1, 0.15) is 23.3 Å². The van der Waals surface area contributed by atoms with Crippen molar-refractivity contribution in [2.45, 2.75) is 20.8 Å². The van der Waals surface area contributed by atoms with Gasteiger partial charge < -0.3 is 19.5 Å². The molecule has 0 aliphatic rings. The number of ketones is 1. The number of ether oxygens (including phenoxy) is 2. The van der Waals surface area contributed by atoms with Crippen molar-refractivity contribution in [2.24, 2.45) is 5.92 Å². The molecule has 2 aromatic rings. The average molecular weight is 418 g/mol. The molecule has 0 spiro atoms. The van der Waals surface area contributed by atoms with Crippen LogP contribution in [0.4, 0.5) is 0 Å². The predicted octanol–water partition coefficient (Wildman–Crippen LogP) is 3.30. The van der Waals surface area contributed by atoms with E-state index in [4.69, 9.17) is 20.1 Å². The summed E-state index contributed by atoms with van der Waals surface area (Å²) in [5, 5.41) is 25.8. The van der Waals surface area contributed by atoms with Gasteiger partial charge in [-0.1, -0.05) is 0 Å². The van der Waals surface area contributed by atoms with Crippen molar-refractivity contribution < 1.29 is 19.1 Å². The molecule has 0 unspecified atom stereocenters. The minimum Gasteiger partial charge on any atom is -0.497 e. The summed E-state index contributed by atoms with van der Waals surface area (Å²) >= 11 is 0. The molecule has 0 fully saturated rings. The molecule has 2 rings (SSSR count). The van der Waals surface area contributed by atoms with Crippen LogP contribution in [0.3, 0.4) is 0 Å². The van der Waals surface area contributed by atoms with E-state index in [0.29, 0.717) is 5.56 Å². The standard InChI is InChI=1S/C23H22N4O4/c1-14-9-17(16(3)27(14)19-5-7-20(30-4)8-6-19)10-18(11-24)23(29)31-13-22(28)21(12-25)15(2)26/h5-10,21,26H,13H2,1-4H3/b18-10+,26-15?/t21-/m0/s1. The number of aromatic nitrogens is 1. The van der Waals surface area contributed by atoms with Crippen molar-refractivity contribution in [3.8, 4) is 23.6 Å². The average Bonchev–Trinajstić information content (AvgIpc) is 3.03. The molecule has 1 aromatic carbocycles. The number of carbonyl (C=O) groups excluding carboxylic acids is 2. The van der Waals surface area contributed by atoms with Gasteiger partial charge in [-0.2, -0.15) is 10.5 Å². The third kappa shape index (κ3) is 5.26. The summed E-state index contributed by atoms with van der Waals surface area (Å²) in [6, 6.07) is 12.8. The predicted molar refractivity (Wildman–Crippen MR) is 114 cm³/mol. The number of methoxy groups -OCH3 is 1. The van der Waals surface area contributed by atoms with E-state index < -0.39 is 24.3 Å².